The van der Waals surface area contributed by atoms with E-state index in [1.54, 1.807) is 7.11 Å². The van der Waals surface area contributed by atoms with Gasteiger partial charge in [-0.1, -0.05) is 25.1 Å². The van der Waals surface area contributed by atoms with Crippen molar-refractivity contribution in [1.29, 1.82) is 0 Å². The Kier molecular flexibility index (Phi) is 5.83. The molecule has 0 amide bonds. The third-order valence-electron chi connectivity index (χ3n) is 3.75. The summed E-state index contributed by atoms with van der Waals surface area (Å²) >= 11 is 5.05. The first-order valence-electron chi connectivity index (χ1n) is 6.52. The van der Waals surface area contributed by atoms with Gasteiger partial charge in [-0.25, -0.2) is 0 Å². The van der Waals surface area contributed by atoms with E-state index in [2.05, 4.69) is 18.7 Å². The van der Waals surface area contributed by atoms with E-state index in [-0.39, 0.29) is 5.60 Å². The fraction of sp³-hybridized carbons (Fsp3) is 0.923. The Morgan fingerprint density at radius 2 is 2.00 bits per heavy atom. The minimum atomic E-state index is -0.0624. The molecule has 3 nitrogen and oxygen atoms in total. The molecule has 0 bridgehead atoms. The number of hydrogen-bond donors (Lipinski definition) is 1. The zero-order chi connectivity index (χ0) is 12.9. The first-order chi connectivity index (χ1) is 7.94. The van der Waals surface area contributed by atoms with Crippen LogP contribution in [0.2, 0.25) is 0 Å². The van der Waals surface area contributed by atoms with E-state index in [0.717, 1.165) is 19.5 Å². The van der Waals surface area contributed by atoms with Gasteiger partial charge in [0.05, 0.1) is 10.6 Å². The van der Waals surface area contributed by atoms with Crippen molar-refractivity contribution in [2.45, 2.75) is 57.6 Å². The van der Waals surface area contributed by atoms with Gasteiger partial charge in [0.15, 0.2) is 0 Å². The van der Waals surface area contributed by atoms with Crippen LogP contribution in [0, 0.1) is 0 Å². The molecule has 4 heteroatoms. The Bertz CT molecular complexity index is 250. The molecular weight excluding hydrogens is 232 g/mol. The van der Waals surface area contributed by atoms with Crippen LogP contribution in [0.3, 0.4) is 0 Å². The maximum Gasteiger partial charge on any atom is 0.0870 e. The van der Waals surface area contributed by atoms with Crippen molar-refractivity contribution in [3.05, 3.63) is 0 Å². The molecule has 0 atom stereocenters. The van der Waals surface area contributed by atoms with Crippen LogP contribution in [0.15, 0.2) is 0 Å². The molecule has 1 saturated carbocycles. The maximum atomic E-state index is 5.69. The van der Waals surface area contributed by atoms with Crippen molar-refractivity contribution in [1.82, 2.24) is 4.90 Å². The van der Waals surface area contributed by atoms with E-state index < -0.39 is 0 Å². The fourth-order valence-electron chi connectivity index (χ4n) is 2.38. The van der Waals surface area contributed by atoms with Crippen LogP contribution in [0.1, 0.15) is 46.0 Å². The molecule has 0 aromatic carbocycles. The van der Waals surface area contributed by atoms with Crippen molar-refractivity contribution in [2.75, 3.05) is 20.2 Å². The van der Waals surface area contributed by atoms with E-state index >= 15 is 0 Å². The van der Waals surface area contributed by atoms with Gasteiger partial charge in [-0.05, 0) is 33.1 Å². The lowest BCUT2D eigenvalue weighted by Gasteiger charge is -2.32. The number of hydrogen-bond acceptors (Lipinski definition) is 3. The minimum absolute atomic E-state index is 0.0624. The van der Waals surface area contributed by atoms with Gasteiger partial charge >= 0.3 is 0 Å². The summed E-state index contributed by atoms with van der Waals surface area (Å²) in [5.41, 5.74) is 5.63. The Labute approximate surface area is 111 Å². The quantitative estimate of drug-likeness (QED) is 0.711. The number of thiocarbonyl (C=S) groups is 1. The Morgan fingerprint density at radius 3 is 2.47 bits per heavy atom. The molecule has 0 aromatic heterocycles. The summed E-state index contributed by atoms with van der Waals surface area (Å²) in [5, 5.41) is 0. The average molecular weight is 258 g/mol. The largest absolute Gasteiger partial charge is 0.392 e. The third kappa shape index (κ3) is 5.32. The molecule has 100 valence electrons. The minimum Gasteiger partial charge on any atom is -0.392 e. The van der Waals surface area contributed by atoms with Crippen molar-refractivity contribution in [3.63, 3.8) is 0 Å². The molecule has 2 N–H and O–H groups in total. The molecular formula is C13H26N2OS. The molecule has 17 heavy (non-hydrogen) atoms. The van der Waals surface area contributed by atoms with E-state index in [9.17, 15) is 0 Å². The van der Waals surface area contributed by atoms with Crippen LogP contribution >= 0.6 is 12.2 Å². The van der Waals surface area contributed by atoms with Gasteiger partial charge < -0.3 is 10.5 Å². The summed E-state index contributed by atoms with van der Waals surface area (Å²) in [6.07, 6.45) is 6.27. The summed E-state index contributed by atoms with van der Waals surface area (Å²) in [5.74, 6) is 0. The number of nitrogens with two attached hydrogens (primary N) is 1. The highest BCUT2D eigenvalue weighted by Gasteiger charge is 2.25. The van der Waals surface area contributed by atoms with Crippen LogP contribution in [0.25, 0.3) is 0 Å². The molecule has 0 radical (unpaired) electrons. The lowest BCUT2D eigenvalue weighted by molar-refractivity contribution is 0.00557. The molecule has 0 aromatic rings. The summed E-state index contributed by atoms with van der Waals surface area (Å²) < 4.78 is 5.46. The lowest BCUT2D eigenvalue weighted by atomic mass is 10.0. The Morgan fingerprint density at radius 1 is 1.41 bits per heavy atom. The summed E-state index contributed by atoms with van der Waals surface area (Å²) in [7, 11) is 1.77. The van der Waals surface area contributed by atoms with Gasteiger partial charge in [0.2, 0.25) is 0 Å². The number of ether oxygens (including phenoxy) is 1. The first-order valence-corrected chi connectivity index (χ1v) is 6.93. The highest BCUT2D eigenvalue weighted by atomic mass is 32.1. The molecule has 1 rings (SSSR count). The molecule has 1 fully saturated rings. The van der Waals surface area contributed by atoms with E-state index in [1.165, 1.54) is 25.7 Å². The molecule has 0 aliphatic heterocycles. The Hall–Kier alpha value is -0.190. The standard InChI is InChI=1S/C13H26N2OS/c1-13(2,16-3)8-9-15(10-12(14)17)11-6-4-5-7-11/h11H,4-10H2,1-3H3,(H2,14,17). The number of methoxy groups -OCH3 is 1. The molecule has 0 unspecified atom stereocenters. The Balaban J connectivity index is 2.48. The molecule has 1 aliphatic carbocycles. The van der Waals surface area contributed by atoms with Crippen molar-refractivity contribution < 1.29 is 4.74 Å². The van der Waals surface area contributed by atoms with Crippen molar-refractivity contribution in [2.24, 2.45) is 5.73 Å². The predicted molar refractivity (Wildman–Crippen MR) is 76.3 cm³/mol. The van der Waals surface area contributed by atoms with Gasteiger partial charge in [0.25, 0.3) is 0 Å². The van der Waals surface area contributed by atoms with Crippen molar-refractivity contribution in [3.8, 4) is 0 Å². The van der Waals surface area contributed by atoms with Crippen LogP contribution < -0.4 is 5.73 Å². The van der Waals surface area contributed by atoms with Gasteiger partial charge in [-0.2, -0.15) is 0 Å². The molecule has 0 saturated heterocycles. The average Bonchev–Trinajstić information content (AvgIpc) is 2.77. The lowest BCUT2D eigenvalue weighted by Crippen LogP contribution is -2.42. The second kappa shape index (κ2) is 6.66. The second-order valence-electron chi connectivity index (χ2n) is 5.59. The summed E-state index contributed by atoms with van der Waals surface area (Å²) in [6, 6.07) is 0.671. The molecule has 0 heterocycles. The first kappa shape index (κ1) is 14.9. The summed E-state index contributed by atoms with van der Waals surface area (Å²) in [4.78, 5) is 3.04. The summed E-state index contributed by atoms with van der Waals surface area (Å²) in [6.45, 7) is 6.02. The number of nitrogens with zero attached hydrogens (tertiary/aromatic N) is 1. The third-order valence-corrected chi connectivity index (χ3v) is 3.88. The highest BCUT2D eigenvalue weighted by Crippen LogP contribution is 2.24. The topological polar surface area (TPSA) is 38.5 Å². The smallest absolute Gasteiger partial charge is 0.0870 e. The van der Waals surface area contributed by atoms with Crippen LogP contribution in [-0.2, 0) is 4.74 Å². The normalized spacial score (nSPS) is 17.9. The monoisotopic (exact) mass is 258 g/mol. The molecule has 0 spiro atoms. The van der Waals surface area contributed by atoms with E-state index in [1.807, 2.05) is 0 Å². The van der Waals surface area contributed by atoms with Gasteiger partial charge in [0.1, 0.15) is 0 Å². The van der Waals surface area contributed by atoms with Crippen molar-refractivity contribution >= 4 is 17.2 Å². The van der Waals surface area contributed by atoms with Crippen LogP contribution in [-0.4, -0.2) is 41.7 Å². The zero-order valence-electron chi connectivity index (χ0n) is 11.4. The van der Waals surface area contributed by atoms with E-state index in [4.69, 9.17) is 22.7 Å². The predicted octanol–water partition coefficient (Wildman–Crippen LogP) is 2.33. The SMILES string of the molecule is COC(C)(C)CCN(CC(N)=S)C1CCCC1. The van der Waals surface area contributed by atoms with Gasteiger partial charge in [0, 0.05) is 26.2 Å². The van der Waals surface area contributed by atoms with Crippen LogP contribution in [0.5, 0.6) is 0 Å². The second-order valence-corrected chi connectivity index (χ2v) is 6.11. The highest BCUT2D eigenvalue weighted by molar-refractivity contribution is 7.80. The zero-order valence-corrected chi connectivity index (χ0v) is 12.2. The molecule has 1 aliphatic rings. The van der Waals surface area contributed by atoms with Gasteiger partial charge in [-0.3, -0.25) is 4.90 Å². The van der Waals surface area contributed by atoms with Gasteiger partial charge in [-0.15, -0.1) is 0 Å². The van der Waals surface area contributed by atoms with Crippen LogP contribution in [0.4, 0.5) is 0 Å². The fourth-order valence-corrected chi connectivity index (χ4v) is 2.54. The number of rotatable bonds is 7. The maximum absolute atomic E-state index is 5.69. The van der Waals surface area contributed by atoms with E-state index in [0.29, 0.717) is 11.0 Å².